The second-order valence-corrected chi connectivity index (χ2v) is 9.97. The molecule has 35 heavy (non-hydrogen) atoms. The molecule has 0 aliphatic heterocycles. The Kier molecular flexibility index (Phi) is 7.46. The van der Waals surface area contributed by atoms with Gasteiger partial charge in [-0.3, -0.25) is 4.98 Å². The van der Waals surface area contributed by atoms with Crippen molar-refractivity contribution in [1.29, 1.82) is 0 Å². The maximum Gasteiger partial charge on any atom is 0.166 e. The maximum absolute atomic E-state index is 4.58. The Labute approximate surface area is 212 Å². The normalized spacial score (nSPS) is 10.9. The summed E-state index contributed by atoms with van der Waals surface area (Å²) in [5.74, 6) is 1.85. The fourth-order valence-corrected chi connectivity index (χ4v) is 5.20. The summed E-state index contributed by atoms with van der Waals surface area (Å²) in [4.78, 5) is 19.8. The lowest BCUT2D eigenvalue weighted by Gasteiger charge is -1.97. The molecule has 2 N–H and O–H groups in total. The van der Waals surface area contributed by atoms with Crippen molar-refractivity contribution < 1.29 is 0 Å². The first-order valence-electron chi connectivity index (χ1n) is 11.3. The first-order valence-corrected chi connectivity index (χ1v) is 13.3. The summed E-state index contributed by atoms with van der Waals surface area (Å²) in [6.45, 7) is 2.09. The van der Waals surface area contributed by atoms with Crippen molar-refractivity contribution in [2.45, 2.75) is 28.7 Å². The smallest absolute Gasteiger partial charge is 0.166 e. The Morgan fingerprint density at radius 1 is 0.629 bits per heavy atom. The summed E-state index contributed by atoms with van der Waals surface area (Å²) in [5.41, 5.74) is 8.09. The standard InChI is InChI=1S/C15H14N2S.C13H11N3S/c1-11-7-8-13-14(9-11)17-15(16-13)18-10-12-5-3-2-4-6-12;1-2-4-12-11(3-1)15-13(16-12)17-9-10-5-7-14-8-6-10/h2-9H,10H2,1H3,(H,16,17);1-8H,9H2,(H,15,16). The molecule has 7 heteroatoms. The van der Waals surface area contributed by atoms with Gasteiger partial charge in [-0.1, -0.05) is 72.1 Å². The third-order valence-electron chi connectivity index (χ3n) is 5.33. The number of nitrogens with zero attached hydrogens (tertiary/aromatic N) is 3. The molecule has 0 atom stereocenters. The highest BCUT2D eigenvalue weighted by Gasteiger charge is 2.04. The monoisotopic (exact) mass is 495 g/mol. The van der Waals surface area contributed by atoms with Gasteiger partial charge in [-0.2, -0.15) is 0 Å². The van der Waals surface area contributed by atoms with Gasteiger partial charge in [0.25, 0.3) is 0 Å². The molecule has 0 amide bonds. The van der Waals surface area contributed by atoms with Crippen LogP contribution in [0, 0.1) is 6.92 Å². The van der Waals surface area contributed by atoms with Crippen LogP contribution in [0.25, 0.3) is 22.1 Å². The summed E-state index contributed by atoms with van der Waals surface area (Å²) < 4.78 is 0. The second kappa shape index (κ2) is 11.3. The highest BCUT2D eigenvalue weighted by Crippen LogP contribution is 2.24. The van der Waals surface area contributed by atoms with Crippen LogP contribution in [0.2, 0.25) is 0 Å². The Hall–Kier alpha value is -3.55. The number of thioether (sulfide) groups is 2. The number of hydrogen-bond acceptors (Lipinski definition) is 5. The summed E-state index contributed by atoms with van der Waals surface area (Å²) in [5, 5.41) is 1.95. The average Bonchev–Trinajstić information content (AvgIpc) is 3.51. The summed E-state index contributed by atoms with van der Waals surface area (Å²) in [7, 11) is 0. The molecule has 6 rings (SSSR count). The van der Waals surface area contributed by atoms with Crippen LogP contribution in [0.4, 0.5) is 0 Å². The Bertz CT molecular complexity index is 1480. The van der Waals surface area contributed by atoms with Gasteiger partial charge in [0.15, 0.2) is 10.3 Å². The van der Waals surface area contributed by atoms with Crippen LogP contribution in [-0.4, -0.2) is 24.9 Å². The van der Waals surface area contributed by atoms with Crippen molar-refractivity contribution in [3.63, 3.8) is 0 Å². The number of hydrogen-bond donors (Lipinski definition) is 2. The predicted octanol–water partition coefficient (Wildman–Crippen LogP) is 7.41. The second-order valence-electron chi connectivity index (χ2n) is 8.04. The molecule has 0 saturated carbocycles. The van der Waals surface area contributed by atoms with Gasteiger partial charge in [0.1, 0.15) is 0 Å². The molecule has 5 nitrogen and oxygen atoms in total. The number of H-pyrrole nitrogens is 2. The van der Waals surface area contributed by atoms with E-state index in [1.807, 2.05) is 54.9 Å². The maximum atomic E-state index is 4.58. The first kappa shape index (κ1) is 23.2. The number of aryl methyl sites for hydroxylation is 1. The lowest BCUT2D eigenvalue weighted by Crippen LogP contribution is -1.81. The van der Waals surface area contributed by atoms with Crippen molar-refractivity contribution in [1.82, 2.24) is 24.9 Å². The average molecular weight is 496 g/mol. The van der Waals surface area contributed by atoms with Gasteiger partial charge in [0.2, 0.25) is 0 Å². The number of aromatic amines is 2. The molecule has 0 fully saturated rings. The van der Waals surface area contributed by atoms with E-state index in [2.05, 4.69) is 74.3 Å². The molecule has 3 heterocycles. The number of para-hydroxylation sites is 2. The SMILES string of the molecule is Cc1ccc2nc(SCc3ccccc3)[nH]c2c1.c1ccc2[nH]c(SCc3ccncc3)nc2c1. The van der Waals surface area contributed by atoms with Crippen molar-refractivity contribution in [2.75, 3.05) is 0 Å². The van der Waals surface area contributed by atoms with Crippen LogP contribution in [0.1, 0.15) is 16.7 Å². The van der Waals surface area contributed by atoms with E-state index in [1.54, 1.807) is 23.5 Å². The number of fused-ring (bicyclic) bond motifs is 2. The van der Waals surface area contributed by atoms with Gasteiger partial charge < -0.3 is 9.97 Å². The lowest BCUT2D eigenvalue weighted by molar-refractivity contribution is 1.08. The molecule has 0 aliphatic carbocycles. The minimum absolute atomic E-state index is 0.905. The zero-order chi connectivity index (χ0) is 23.9. The topological polar surface area (TPSA) is 70.2 Å². The van der Waals surface area contributed by atoms with Crippen LogP contribution in [0.3, 0.4) is 0 Å². The number of benzene rings is 3. The van der Waals surface area contributed by atoms with Crippen molar-refractivity contribution >= 4 is 45.6 Å². The van der Waals surface area contributed by atoms with Gasteiger partial charge in [-0.15, -0.1) is 0 Å². The molecule has 0 radical (unpaired) electrons. The van der Waals surface area contributed by atoms with Gasteiger partial charge >= 0.3 is 0 Å². The minimum atomic E-state index is 0.905. The Morgan fingerprint density at radius 3 is 1.94 bits per heavy atom. The minimum Gasteiger partial charge on any atom is -0.333 e. The molecular weight excluding hydrogens is 470 g/mol. The van der Waals surface area contributed by atoms with E-state index >= 15 is 0 Å². The molecule has 174 valence electrons. The number of rotatable bonds is 6. The number of aromatic nitrogens is 5. The largest absolute Gasteiger partial charge is 0.333 e. The molecule has 0 aliphatic rings. The zero-order valence-electron chi connectivity index (χ0n) is 19.3. The van der Waals surface area contributed by atoms with E-state index in [1.165, 1.54) is 16.7 Å². The fourth-order valence-electron chi connectivity index (χ4n) is 3.52. The number of imidazole rings is 2. The van der Waals surface area contributed by atoms with Crippen LogP contribution < -0.4 is 0 Å². The van der Waals surface area contributed by atoms with Gasteiger partial charge in [-0.25, -0.2) is 9.97 Å². The zero-order valence-corrected chi connectivity index (χ0v) is 20.9. The predicted molar refractivity (Wildman–Crippen MR) is 147 cm³/mol. The number of pyridine rings is 1. The van der Waals surface area contributed by atoms with Crippen LogP contribution >= 0.6 is 23.5 Å². The molecule has 3 aromatic carbocycles. The van der Waals surface area contributed by atoms with E-state index in [-0.39, 0.29) is 0 Å². The summed E-state index contributed by atoms with van der Waals surface area (Å²) >= 11 is 3.44. The van der Waals surface area contributed by atoms with Gasteiger partial charge in [-0.05, 0) is 60.0 Å². The third-order valence-corrected chi connectivity index (χ3v) is 7.22. The molecule has 0 bridgehead atoms. The van der Waals surface area contributed by atoms with E-state index in [4.69, 9.17) is 0 Å². The van der Waals surface area contributed by atoms with E-state index in [0.29, 0.717) is 0 Å². The lowest BCUT2D eigenvalue weighted by atomic mass is 10.2. The summed E-state index contributed by atoms with van der Waals surface area (Å²) in [6, 6.07) is 28.9. The fraction of sp³-hybridized carbons (Fsp3) is 0.107. The van der Waals surface area contributed by atoms with E-state index < -0.39 is 0 Å². The molecule has 0 saturated heterocycles. The van der Waals surface area contributed by atoms with Gasteiger partial charge in [0, 0.05) is 23.9 Å². The highest BCUT2D eigenvalue weighted by molar-refractivity contribution is 7.98. The van der Waals surface area contributed by atoms with Crippen LogP contribution in [0.5, 0.6) is 0 Å². The van der Waals surface area contributed by atoms with E-state index in [9.17, 15) is 0 Å². The number of nitrogens with one attached hydrogen (secondary N) is 2. The molecule has 0 unspecified atom stereocenters. The molecular formula is C28H25N5S2. The molecule has 3 aromatic heterocycles. The Balaban J connectivity index is 0.000000145. The molecule has 6 aromatic rings. The van der Waals surface area contributed by atoms with Gasteiger partial charge in [0.05, 0.1) is 22.1 Å². The molecule has 0 spiro atoms. The van der Waals surface area contributed by atoms with Crippen molar-refractivity contribution in [3.8, 4) is 0 Å². The summed E-state index contributed by atoms with van der Waals surface area (Å²) in [6.07, 6.45) is 3.63. The first-order chi connectivity index (χ1) is 17.2. The quantitative estimate of drug-likeness (QED) is 0.235. The van der Waals surface area contributed by atoms with E-state index in [0.717, 1.165) is 43.9 Å². The van der Waals surface area contributed by atoms with Crippen molar-refractivity contribution in [3.05, 3.63) is 114 Å². The van der Waals surface area contributed by atoms with Crippen LogP contribution in [-0.2, 0) is 11.5 Å². The third kappa shape index (κ3) is 6.32. The highest BCUT2D eigenvalue weighted by atomic mass is 32.2. The van der Waals surface area contributed by atoms with Crippen molar-refractivity contribution in [2.24, 2.45) is 0 Å². The van der Waals surface area contributed by atoms with Crippen LogP contribution in [0.15, 0.2) is 108 Å². The Morgan fingerprint density at radius 2 is 1.23 bits per heavy atom.